The van der Waals surface area contributed by atoms with Gasteiger partial charge in [0.1, 0.15) is 0 Å². The Kier molecular flexibility index (Phi) is 4.55. The van der Waals surface area contributed by atoms with Crippen molar-refractivity contribution in [1.29, 1.82) is 0 Å². The van der Waals surface area contributed by atoms with Crippen molar-refractivity contribution in [3.63, 3.8) is 0 Å². The van der Waals surface area contributed by atoms with Crippen LogP contribution in [-0.2, 0) is 10.0 Å². The van der Waals surface area contributed by atoms with Crippen molar-refractivity contribution >= 4 is 15.7 Å². The molecule has 2 rings (SSSR count). The maximum atomic E-state index is 12.9. The van der Waals surface area contributed by atoms with Gasteiger partial charge in [0.15, 0.2) is 0 Å². The Bertz CT molecular complexity index is 698. The molecule has 1 aliphatic carbocycles. The number of nitro benzene ring substituents is 1. The van der Waals surface area contributed by atoms with Crippen molar-refractivity contribution in [2.45, 2.75) is 37.6 Å². The van der Waals surface area contributed by atoms with E-state index in [4.69, 9.17) is 5.73 Å². The molecular formula is C14H21N3O4S. The van der Waals surface area contributed by atoms with Gasteiger partial charge in [-0.1, -0.05) is 0 Å². The van der Waals surface area contributed by atoms with Crippen LogP contribution in [0.4, 0.5) is 5.69 Å². The van der Waals surface area contributed by atoms with Crippen LogP contribution in [0.25, 0.3) is 0 Å². The van der Waals surface area contributed by atoms with E-state index < -0.39 is 14.9 Å². The third-order valence-corrected chi connectivity index (χ3v) is 6.36. The number of benzene rings is 1. The Hall–Kier alpha value is -1.51. The largest absolute Gasteiger partial charge is 0.329 e. The van der Waals surface area contributed by atoms with Crippen molar-refractivity contribution in [1.82, 2.24) is 4.31 Å². The molecule has 1 aliphatic rings. The van der Waals surface area contributed by atoms with E-state index in [2.05, 4.69) is 0 Å². The third kappa shape index (κ3) is 2.99. The Labute approximate surface area is 130 Å². The minimum absolute atomic E-state index is 0.0131. The molecule has 0 bridgehead atoms. The van der Waals surface area contributed by atoms with E-state index in [0.717, 1.165) is 18.9 Å². The molecule has 0 radical (unpaired) electrons. The van der Waals surface area contributed by atoms with E-state index in [0.29, 0.717) is 11.1 Å². The minimum atomic E-state index is -3.82. The van der Waals surface area contributed by atoms with Gasteiger partial charge in [-0.15, -0.1) is 0 Å². The Morgan fingerprint density at radius 3 is 2.45 bits per heavy atom. The lowest BCUT2D eigenvalue weighted by Crippen LogP contribution is -2.43. The van der Waals surface area contributed by atoms with Gasteiger partial charge in [0.2, 0.25) is 10.0 Å². The predicted molar refractivity (Wildman–Crippen MR) is 83.1 cm³/mol. The Balaban J connectivity index is 2.50. The second-order valence-corrected chi connectivity index (χ2v) is 7.77. The van der Waals surface area contributed by atoms with Gasteiger partial charge in [-0.25, -0.2) is 8.42 Å². The monoisotopic (exact) mass is 327 g/mol. The fraction of sp³-hybridized carbons (Fsp3) is 0.571. The van der Waals surface area contributed by atoms with Crippen LogP contribution in [0, 0.1) is 29.9 Å². The predicted octanol–water partition coefficient (Wildman–Crippen LogP) is 1.57. The lowest BCUT2D eigenvalue weighted by atomic mass is 10.1. The summed E-state index contributed by atoms with van der Waals surface area (Å²) in [5.74, 6) is 0.282. The van der Waals surface area contributed by atoms with Crippen LogP contribution in [0.1, 0.15) is 24.0 Å². The van der Waals surface area contributed by atoms with Crippen molar-refractivity contribution in [3.8, 4) is 0 Å². The Morgan fingerprint density at radius 2 is 2.00 bits per heavy atom. The maximum absolute atomic E-state index is 12.9. The molecule has 1 aromatic rings. The van der Waals surface area contributed by atoms with Crippen molar-refractivity contribution in [3.05, 3.63) is 33.4 Å². The van der Waals surface area contributed by atoms with Crippen LogP contribution < -0.4 is 5.73 Å². The topological polar surface area (TPSA) is 107 Å². The summed E-state index contributed by atoms with van der Waals surface area (Å²) in [6.45, 7) is 3.57. The number of aryl methyl sites for hydroxylation is 1. The van der Waals surface area contributed by atoms with Gasteiger partial charge in [-0.3, -0.25) is 10.1 Å². The van der Waals surface area contributed by atoms with Crippen LogP contribution in [0.3, 0.4) is 0 Å². The molecule has 122 valence electrons. The van der Waals surface area contributed by atoms with Gasteiger partial charge in [-0.05, 0) is 43.7 Å². The number of hydrogen-bond acceptors (Lipinski definition) is 5. The van der Waals surface area contributed by atoms with Crippen molar-refractivity contribution < 1.29 is 13.3 Å². The van der Waals surface area contributed by atoms with Gasteiger partial charge in [0.25, 0.3) is 5.69 Å². The van der Waals surface area contributed by atoms with E-state index in [1.54, 1.807) is 13.8 Å². The zero-order valence-corrected chi connectivity index (χ0v) is 13.8. The fourth-order valence-corrected chi connectivity index (χ4v) is 4.38. The van der Waals surface area contributed by atoms with Crippen molar-refractivity contribution in [2.24, 2.45) is 11.7 Å². The zero-order valence-electron chi connectivity index (χ0n) is 12.9. The number of likely N-dealkylation sites (N-methyl/N-ethyl adjacent to an activating group) is 1. The number of sulfonamides is 1. The zero-order chi connectivity index (χ0) is 16.7. The second kappa shape index (κ2) is 5.94. The number of nitrogens with two attached hydrogens (primary N) is 1. The van der Waals surface area contributed by atoms with E-state index in [-0.39, 0.29) is 29.1 Å². The van der Waals surface area contributed by atoms with Crippen LogP contribution in [0.5, 0.6) is 0 Å². The van der Waals surface area contributed by atoms with E-state index in [1.807, 2.05) is 0 Å². The fourth-order valence-electron chi connectivity index (χ4n) is 2.63. The molecule has 8 heteroatoms. The molecule has 2 N–H and O–H groups in total. The molecule has 1 saturated carbocycles. The molecule has 0 aromatic heterocycles. The summed E-state index contributed by atoms with van der Waals surface area (Å²) in [5, 5.41) is 11.0. The van der Waals surface area contributed by atoms with Crippen LogP contribution in [-0.4, -0.2) is 37.3 Å². The number of hydrogen-bond donors (Lipinski definition) is 1. The molecule has 0 spiro atoms. The highest BCUT2D eigenvalue weighted by Crippen LogP contribution is 2.37. The average molecular weight is 327 g/mol. The number of rotatable bonds is 6. The number of nitrogens with zero attached hydrogens (tertiary/aromatic N) is 2. The molecule has 0 aliphatic heterocycles. The summed E-state index contributed by atoms with van der Waals surface area (Å²) >= 11 is 0. The first-order valence-corrected chi connectivity index (χ1v) is 8.58. The minimum Gasteiger partial charge on any atom is -0.329 e. The van der Waals surface area contributed by atoms with Gasteiger partial charge >= 0.3 is 0 Å². The van der Waals surface area contributed by atoms with Gasteiger partial charge in [-0.2, -0.15) is 4.31 Å². The highest BCUT2D eigenvalue weighted by Gasteiger charge is 2.39. The van der Waals surface area contributed by atoms with Crippen LogP contribution in [0.2, 0.25) is 0 Å². The highest BCUT2D eigenvalue weighted by molar-refractivity contribution is 7.89. The molecule has 0 saturated heterocycles. The van der Waals surface area contributed by atoms with E-state index >= 15 is 0 Å². The molecule has 1 fully saturated rings. The summed E-state index contributed by atoms with van der Waals surface area (Å²) in [6.07, 6.45) is 1.93. The standard InChI is InChI=1S/C14H21N3O4S/c1-9-6-12(17(18)19)7-14(10(9)2)22(20,21)16(3)13(8-15)11-4-5-11/h6-7,11,13H,4-5,8,15H2,1-3H3. The Morgan fingerprint density at radius 1 is 1.41 bits per heavy atom. The average Bonchev–Trinajstić information content (AvgIpc) is 3.26. The molecule has 7 nitrogen and oxygen atoms in total. The normalized spacial score (nSPS) is 16.8. The summed E-state index contributed by atoms with van der Waals surface area (Å²) in [6, 6.07) is 2.26. The highest BCUT2D eigenvalue weighted by atomic mass is 32.2. The quantitative estimate of drug-likeness (QED) is 0.630. The van der Waals surface area contributed by atoms with Crippen LogP contribution >= 0.6 is 0 Å². The molecule has 22 heavy (non-hydrogen) atoms. The van der Waals surface area contributed by atoms with Crippen LogP contribution in [0.15, 0.2) is 17.0 Å². The summed E-state index contributed by atoms with van der Waals surface area (Å²) in [4.78, 5) is 10.4. The van der Waals surface area contributed by atoms with Gasteiger partial charge in [0, 0.05) is 31.8 Å². The number of non-ortho nitro benzene ring substituents is 1. The third-order valence-electron chi connectivity index (χ3n) is 4.35. The first kappa shape index (κ1) is 16.9. The first-order valence-electron chi connectivity index (χ1n) is 7.14. The second-order valence-electron chi connectivity index (χ2n) is 5.80. The molecule has 1 atom stereocenters. The molecule has 0 heterocycles. The summed E-state index contributed by atoms with van der Waals surface area (Å²) in [5.41, 5.74) is 6.62. The summed E-state index contributed by atoms with van der Waals surface area (Å²) in [7, 11) is -2.32. The smallest absolute Gasteiger partial charge is 0.271 e. The maximum Gasteiger partial charge on any atom is 0.271 e. The number of nitro groups is 1. The van der Waals surface area contributed by atoms with Gasteiger partial charge in [0.05, 0.1) is 9.82 Å². The molecule has 0 amide bonds. The first-order chi connectivity index (χ1) is 10.2. The van der Waals surface area contributed by atoms with Gasteiger partial charge < -0.3 is 5.73 Å². The molecule has 1 unspecified atom stereocenters. The lowest BCUT2D eigenvalue weighted by molar-refractivity contribution is -0.385. The SMILES string of the molecule is Cc1cc([N+](=O)[O-])cc(S(=O)(=O)N(C)C(CN)C2CC2)c1C. The summed E-state index contributed by atoms with van der Waals surface area (Å²) < 4.78 is 27.0. The lowest BCUT2D eigenvalue weighted by Gasteiger charge is -2.27. The molecule has 1 aromatic carbocycles. The van der Waals surface area contributed by atoms with E-state index in [9.17, 15) is 18.5 Å². The van der Waals surface area contributed by atoms with Crippen molar-refractivity contribution in [2.75, 3.05) is 13.6 Å². The van der Waals surface area contributed by atoms with E-state index in [1.165, 1.54) is 17.4 Å². The molecular weight excluding hydrogens is 306 g/mol.